The van der Waals surface area contributed by atoms with Crippen LogP contribution in [-0.4, -0.2) is 34.4 Å². The minimum atomic E-state index is -1.26. The van der Waals surface area contributed by atoms with Gasteiger partial charge >= 0.3 is 5.97 Å². The smallest absolute Gasteiger partial charge is 0.356 e. The molecule has 8 heteroatoms. The van der Waals surface area contributed by atoms with Gasteiger partial charge in [0.25, 0.3) is 5.91 Å². The quantitative estimate of drug-likeness (QED) is 0.746. The summed E-state index contributed by atoms with van der Waals surface area (Å²) < 4.78 is 4.86. The van der Waals surface area contributed by atoms with Crippen LogP contribution in [0.25, 0.3) is 0 Å². The summed E-state index contributed by atoms with van der Waals surface area (Å²) in [6, 6.07) is 5.90. The fourth-order valence-corrected chi connectivity index (χ4v) is 1.53. The Morgan fingerprint density at radius 1 is 1.24 bits per heavy atom. The number of rotatable bonds is 5. The highest BCUT2D eigenvalue weighted by Crippen LogP contribution is 2.11. The first-order chi connectivity index (χ1) is 10.1. The molecule has 2 aromatic rings. The maximum atomic E-state index is 11.7. The molecule has 0 bridgehead atoms. The van der Waals surface area contributed by atoms with Crippen molar-refractivity contribution in [1.29, 1.82) is 0 Å². The molecule has 0 saturated heterocycles. The summed E-state index contributed by atoms with van der Waals surface area (Å²) in [5.74, 6) is -2.30. The molecule has 0 aromatic carbocycles. The molecule has 2 rings (SSSR count). The molecule has 21 heavy (non-hydrogen) atoms. The molecule has 0 aliphatic heterocycles. The first-order valence-corrected chi connectivity index (χ1v) is 5.88. The molecule has 8 nitrogen and oxygen atoms in total. The van der Waals surface area contributed by atoms with Gasteiger partial charge in [0.05, 0.1) is 18.5 Å². The number of carbonyl (C=O) groups is 3. The predicted molar refractivity (Wildman–Crippen MR) is 70.9 cm³/mol. The average molecular weight is 289 g/mol. The lowest BCUT2D eigenvalue weighted by Crippen LogP contribution is -2.33. The largest absolute Gasteiger partial charge is 0.476 e. The SMILES string of the molecule is O=C(CNC(=O)c1ccco1)Nc1cccnc1C(=O)O. The van der Waals surface area contributed by atoms with Gasteiger partial charge in [0, 0.05) is 6.20 Å². The third-order valence-electron chi connectivity index (χ3n) is 2.44. The van der Waals surface area contributed by atoms with Gasteiger partial charge in [0.15, 0.2) is 11.5 Å². The zero-order valence-electron chi connectivity index (χ0n) is 10.7. The Morgan fingerprint density at radius 2 is 2.05 bits per heavy atom. The summed E-state index contributed by atoms with van der Waals surface area (Å²) >= 11 is 0. The van der Waals surface area contributed by atoms with Crippen LogP contribution in [0.2, 0.25) is 0 Å². The molecule has 2 heterocycles. The van der Waals surface area contributed by atoms with Crippen LogP contribution >= 0.6 is 0 Å². The highest BCUT2D eigenvalue weighted by molar-refractivity contribution is 6.01. The number of pyridine rings is 1. The zero-order valence-corrected chi connectivity index (χ0v) is 10.7. The fourth-order valence-electron chi connectivity index (χ4n) is 1.53. The van der Waals surface area contributed by atoms with Crippen molar-refractivity contribution in [2.75, 3.05) is 11.9 Å². The molecular weight excluding hydrogens is 278 g/mol. The van der Waals surface area contributed by atoms with Gasteiger partial charge in [-0.15, -0.1) is 0 Å². The maximum Gasteiger partial charge on any atom is 0.356 e. The summed E-state index contributed by atoms with van der Waals surface area (Å²) in [7, 11) is 0. The molecule has 0 unspecified atom stereocenters. The molecule has 0 spiro atoms. The van der Waals surface area contributed by atoms with E-state index in [0.29, 0.717) is 0 Å². The second kappa shape index (κ2) is 6.33. The number of hydrogen-bond acceptors (Lipinski definition) is 5. The van der Waals surface area contributed by atoms with Crippen LogP contribution < -0.4 is 10.6 Å². The first-order valence-electron chi connectivity index (χ1n) is 5.88. The van der Waals surface area contributed by atoms with Crippen LogP contribution in [0.15, 0.2) is 41.1 Å². The second-order valence-electron chi connectivity index (χ2n) is 3.91. The van der Waals surface area contributed by atoms with E-state index in [1.165, 1.54) is 30.7 Å². The zero-order chi connectivity index (χ0) is 15.2. The number of carboxylic acids is 1. The van der Waals surface area contributed by atoms with Crippen LogP contribution in [0.3, 0.4) is 0 Å². The molecule has 0 atom stereocenters. The Labute approximate surface area is 118 Å². The highest BCUT2D eigenvalue weighted by Gasteiger charge is 2.14. The van der Waals surface area contributed by atoms with Crippen LogP contribution in [0, 0.1) is 0 Å². The predicted octanol–water partition coefficient (Wildman–Crippen LogP) is 0.741. The Kier molecular flexibility index (Phi) is 4.30. The van der Waals surface area contributed by atoms with Gasteiger partial charge in [-0.1, -0.05) is 0 Å². The van der Waals surface area contributed by atoms with E-state index in [9.17, 15) is 14.4 Å². The number of furan rings is 1. The van der Waals surface area contributed by atoms with E-state index >= 15 is 0 Å². The van der Waals surface area contributed by atoms with E-state index in [2.05, 4.69) is 15.6 Å². The number of carbonyl (C=O) groups excluding carboxylic acids is 2. The van der Waals surface area contributed by atoms with Crippen molar-refractivity contribution in [2.24, 2.45) is 0 Å². The topological polar surface area (TPSA) is 122 Å². The van der Waals surface area contributed by atoms with Crippen molar-refractivity contribution >= 4 is 23.5 Å². The van der Waals surface area contributed by atoms with Gasteiger partial charge < -0.3 is 20.2 Å². The maximum absolute atomic E-state index is 11.7. The minimum Gasteiger partial charge on any atom is -0.476 e. The summed E-state index contributed by atoms with van der Waals surface area (Å²) in [6.45, 7) is -0.326. The standard InChI is InChI=1S/C13H11N3O5/c17-10(7-15-12(18)9-4-2-6-21-9)16-8-3-1-5-14-11(8)13(19)20/h1-6H,7H2,(H,15,18)(H,16,17)(H,19,20). The molecule has 0 aliphatic carbocycles. The van der Waals surface area contributed by atoms with Gasteiger partial charge in [0.1, 0.15) is 0 Å². The van der Waals surface area contributed by atoms with Gasteiger partial charge in [-0.3, -0.25) is 9.59 Å². The van der Waals surface area contributed by atoms with Gasteiger partial charge in [0.2, 0.25) is 5.91 Å². The number of aromatic carboxylic acids is 1. The van der Waals surface area contributed by atoms with Crippen LogP contribution in [0.4, 0.5) is 5.69 Å². The van der Waals surface area contributed by atoms with E-state index in [0.717, 1.165) is 0 Å². The monoisotopic (exact) mass is 289 g/mol. The Morgan fingerprint density at radius 3 is 2.71 bits per heavy atom. The molecule has 2 aromatic heterocycles. The first kappa shape index (κ1) is 14.3. The molecule has 0 aliphatic rings. The van der Waals surface area contributed by atoms with Gasteiger partial charge in [-0.2, -0.15) is 0 Å². The fraction of sp³-hybridized carbons (Fsp3) is 0.0769. The molecule has 108 valence electrons. The lowest BCUT2D eigenvalue weighted by molar-refractivity contribution is -0.115. The number of nitrogens with one attached hydrogen (secondary N) is 2. The number of hydrogen-bond donors (Lipinski definition) is 3. The normalized spacial score (nSPS) is 9.90. The number of nitrogens with zero attached hydrogens (tertiary/aromatic N) is 1. The van der Waals surface area contributed by atoms with Crippen molar-refractivity contribution in [3.8, 4) is 0 Å². The van der Waals surface area contributed by atoms with E-state index < -0.39 is 17.8 Å². The van der Waals surface area contributed by atoms with Crippen molar-refractivity contribution in [1.82, 2.24) is 10.3 Å². The Balaban J connectivity index is 1.93. The van der Waals surface area contributed by atoms with Crippen LogP contribution in [0.1, 0.15) is 21.0 Å². The van der Waals surface area contributed by atoms with Crippen LogP contribution in [-0.2, 0) is 4.79 Å². The van der Waals surface area contributed by atoms with Crippen molar-refractivity contribution in [2.45, 2.75) is 0 Å². The van der Waals surface area contributed by atoms with E-state index in [1.807, 2.05) is 0 Å². The summed E-state index contributed by atoms with van der Waals surface area (Å²) in [6.07, 6.45) is 2.64. The third-order valence-corrected chi connectivity index (χ3v) is 2.44. The van der Waals surface area contributed by atoms with Gasteiger partial charge in [-0.25, -0.2) is 9.78 Å². The lowest BCUT2D eigenvalue weighted by Gasteiger charge is -2.07. The van der Waals surface area contributed by atoms with E-state index in [-0.39, 0.29) is 23.7 Å². The Bertz CT molecular complexity index is 666. The molecule has 0 saturated carbocycles. The molecule has 3 N–H and O–H groups in total. The van der Waals surface area contributed by atoms with E-state index in [4.69, 9.17) is 9.52 Å². The van der Waals surface area contributed by atoms with Gasteiger partial charge in [-0.05, 0) is 24.3 Å². The van der Waals surface area contributed by atoms with Crippen molar-refractivity contribution in [3.05, 3.63) is 48.2 Å². The third kappa shape index (κ3) is 3.66. The highest BCUT2D eigenvalue weighted by atomic mass is 16.4. The second-order valence-corrected chi connectivity index (χ2v) is 3.91. The van der Waals surface area contributed by atoms with Crippen LogP contribution in [0.5, 0.6) is 0 Å². The summed E-state index contributed by atoms with van der Waals surface area (Å²) in [5, 5.41) is 13.6. The summed E-state index contributed by atoms with van der Waals surface area (Å²) in [4.78, 5) is 37.8. The Hall–Kier alpha value is -3.16. The van der Waals surface area contributed by atoms with Crippen molar-refractivity contribution < 1.29 is 23.9 Å². The molecule has 0 radical (unpaired) electrons. The lowest BCUT2D eigenvalue weighted by atomic mass is 10.3. The molecule has 2 amide bonds. The van der Waals surface area contributed by atoms with Crippen molar-refractivity contribution in [3.63, 3.8) is 0 Å². The number of aromatic nitrogens is 1. The van der Waals surface area contributed by atoms with E-state index in [1.54, 1.807) is 6.07 Å². The average Bonchev–Trinajstić information content (AvgIpc) is 2.99. The number of anilines is 1. The number of amides is 2. The number of carboxylic acid groups (broad SMARTS) is 1. The summed E-state index contributed by atoms with van der Waals surface area (Å²) in [5.41, 5.74) is -0.217. The molecular formula is C13H11N3O5. The minimum absolute atomic E-state index is 0.0576. The molecule has 0 fully saturated rings.